The van der Waals surface area contributed by atoms with Crippen LogP contribution in [-0.2, 0) is 23.6 Å². The zero-order valence-electron chi connectivity index (χ0n) is 15.6. The summed E-state index contributed by atoms with van der Waals surface area (Å²) in [4.78, 5) is 45.5. The fourth-order valence-electron chi connectivity index (χ4n) is 2.66. The Morgan fingerprint density at radius 2 is 1.86 bits per heavy atom. The predicted molar refractivity (Wildman–Crippen MR) is 103 cm³/mol. The van der Waals surface area contributed by atoms with E-state index in [1.165, 1.54) is 44.0 Å². The van der Waals surface area contributed by atoms with Crippen molar-refractivity contribution in [3.8, 4) is 11.4 Å². The second-order valence-electron chi connectivity index (χ2n) is 6.02. The molecular formula is C18H17FN4O4S. The first-order valence-electron chi connectivity index (χ1n) is 8.23. The molecule has 28 heavy (non-hydrogen) atoms. The number of thioether (sulfide) groups is 1. The molecule has 8 nitrogen and oxygen atoms in total. The van der Waals surface area contributed by atoms with Crippen molar-refractivity contribution < 1.29 is 13.9 Å². The lowest BCUT2D eigenvalue weighted by molar-refractivity contribution is -0.139. The van der Waals surface area contributed by atoms with Crippen LogP contribution >= 0.6 is 11.8 Å². The number of nitrogens with zero attached hydrogens (tertiary/aromatic N) is 4. The summed E-state index contributed by atoms with van der Waals surface area (Å²) in [5, 5.41) is -0.443. The lowest BCUT2D eigenvalue weighted by Crippen LogP contribution is -2.37. The third-order valence-electron chi connectivity index (χ3n) is 4.20. The van der Waals surface area contributed by atoms with E-state index < -0.39 is 28.3 Å². The molecular weight excluding hydrogens is 387 g/mol. The molecule has 1 atom stereocenters. The lowest BCUT2D eigenvalue weighted by atomic mass is 10.2. The van der Waals surface area contributed by atoms with Crippen molar-refractivity contribution in [1.82, 2.24) is 19.1 Å². The number of halogens is 1. The van der Waals surface area contributed by atoms with Gasteiger partial charge in [0.2, 0.25) is 0 Å². The van der Waals surface area contributed by atoms with E-state index in [1.807, 2.05) is 0 Å². The molecule has 0 amide bonds. The minimum absolute atomic E-state index is 0.00780. The summed E-state index contributed by atoms with van der Waals surface area (Å²) in [5.41, 5.74) is -1.00. The van der Waals surface area contributed by atoms with Gasteiger partial charge in [0.05, 0.1) is 12.7 Å². The van der Waals surface area contributed by atoms with Gasteiger partial charge in [-0.25, -0.2) is 19.2 Å². The monoisotopic (exact) mass is 404 g/mol. The molecule has 1 aromatic carbocycles. The molecule has 0 aliphatic rings. The number of hydrogen-bond acceptors (Lipinski definition) is 7. The number of hydrogen-bond donors (Lipinski definition) is 0. The molecule has 0 spiro atoms. The van der Waals surface area contributed by atoms with Crippen LogP contribution in [0, 0.1) is 5.82 Å². The van der Waals surface area contributed by atoms with Gasteiger partial charge in [0.25, 0.3) is 5.56 Å². The van der Waals surface area contributed by atoms with Crippen molar-refractivity contribution >= 4 is 28.8 Å². The number of benzene rings is 1. The van der Waals surface area contributed by atoms with Crippen LogP contribution in [0.25, 0.3) is 22.4 Å². The van der Waals surface area contributed by atoms with Crippen molar-refractivity contribution in [2.45, 2.75) is 17.2 Å². The van der Waals surface area contributed by atoms with Gasteiger partial charge in [0.1, 0.15) is 21.5 Å². The van der Waals surface area contributed by atoms with Gasteiger partial charge in [-0.1, -0.05) is 23.9 Å². The summed E-state index contributed by atoms with van der Waals surface area (Å²) in [6.45, 7) is 1.60. The van der Waals surface area contributed by atoms with Crippen LogP contribution in [-0.4, -0.2) is 37.4 Å². The highest BCUT2D eigenvalue weighted by Crippen LogP contribution is 2.30. The molecule has 0 N–H and O–H groups in total. The molecule has 2 heterocycles. The van der Waals surface area contributed by atoms with Crippen LogP contribution in [0.1, 0.15) is 6.92 Å². The number of aryl methyl sites for hydroxylation is 1. The highest BCUT2D eigenvalue weighted by molar-refractivity contribution is 8.00. The molecule has 0 fully saturated rings. The van der Waals surface area contributed by atoms with Gasteiger partial charge in [-0.05, 0) is 19.1 Å². The summed E-state index contributed by atoms with van der Waals surface area (Å²) >= 11 is 0.981. The van der Waals surface area contributed by atoms with Gasteiger partial charge < -0.3 is 4.74 Å². The van der Waals surface area contributed by atoms with E-state index in [2.05, 4.69) is 9.97 Å². The number of esters is 1. The predicted octanol–water partition coefficient (Wildman–Crippen LogP) is 1.49. The topological polar surface area (TPSA) is 96.1 Å². The number of aromatic nitrogens is 4. The molecule has 10 heteroatoms. The van der Waals surface area contributed by atoms with Crippen LogP contribution in [0.4, 0.5) is 4.39 Å². The van der Waals surface area contributed by atoms with Crippen LogP contribution in [0.5, 0.6) is 0 Å². The molecule has 0 aliphatic carbocycles. The van der Waals surface area contributed by atoms with Gasteiger partial charge >= 0.3 is 11.7 Å². The number of rotatable bonds is 4. The van der Waals surface area contributed by atoms with E-state index in [0.717, 1.165) is 16.3 Å². The first kappa shape index (κ1) is 19.7. The molecule has 0 saturated heterocycles. The average molecular weight is 404 g/mol. The third-order valence-corrected chi connectivity index (χ3v) is 5.27. The van der Waals surface area contributed by atoms with Gasteiger partial charge in [0.15, 0.2) is 11.5 Å². The van der Waals surface area contributed by atoms with E-state index in [1.54, 1.807) is 13.0 Å². The first-order chi connectivity index (χ1) is 13.3. The summed E-state index contributed by atoms with van der Waals surface area (Å²) in [5.74, 6) is -1.05. The Morgan fingerprint density at radius 3 is 2.50 bits per heavy atom. The Morgan fingerprint density at radius 1 is 1.18 bits per heavy atom. The number of carbonyl (C=O) groups is 1. The van der Waals surface area contributed by atoms with E-state index in [-0.39, 0.29) is 27.4 Å². The van der Waals surface area contributed by atoms with Crippen LogP contribution in [0.15, 0.2) is 38.9 Å². The summed E-state index contributed by atoms with van der Waals surface area (Å²) < 4.78 is 21.1. The number of carbonyl (C=O) groups excluding carboxylic acids is 1. The molecule has 0 bridgehead atoms. The minimum atomic E-state index is -0.682. The molecule has 3 aromatic rings. The van der Waals surface area contributed by atoms with Crippen LogP contribution in [0.3, 0.4) is 0 Å². The standard InChI is InChI=1S/C18H17FN4O4S/c1-9(17(25)27-4)28-15-12-14(22(2)18(26)23(3)16(12)24)20-13(21-15)10-7-5-6-8-11(10)19/h5-9H,1-4H3/t9-/m0/s1. The second-order valence-corrected chi connectivity index (χ2v) is 7.35. The summed E-state index contributed by atoms with van der Waals surface area (Å²) in [6, 6.07) is 5.91. The highest BCUT2D eigenvalue weighted by Gasteiger charge is 2.23. The lowest BCUT2D eigenvalue weighted by Gasteiger charge is -2.14. The fraction of sp³-hybridized carbons (Fsp3) is 0.278. The maximum Gasteiger partial charge on any atom is 0.332 e. The molecule has 0 saturated carbocycles. The Hall–Kier alpha value is -3.01. The SMILES string of the molecule is COC(=O)[C@H](C)Sc1nc(-c2ccccc2F)nc2c1c(=O)n(C)c(=O)n2C. The zero-order chi connectivity index (χ0) is 20.6. The fourth-order valence-corrected chi connectivity index (χ4v) is 3.62. The van der Waals surface area contributed by atoms with Crippen molar-refractivity contribution in [3.05, 3.63) is 50.9 Å². The average Bonchev–Trinajstić information content (AvgIpc) is 2.69. The van der Waals surface area contributed by atoms with E-state index >= 15 is 0 Å². The normalized spacial score (nSPS) is 12.2. The molecule has 0 aliphatic heterocycles. The Balaban J connectivity index is 2.38. The van der Waals surface area contributed by atoms with E-state index in [9.17, 15) is 18.8 Å². The molecule has 2 aromatic heterocycles. The van der Waals surface area contributed by atoms with Crippen molar-refractivity contribution in [3.63, 3.8) is 0 Å². The summed E-state index contributed by atoms with van der Waals surface area (Å²) in [6.07, 6.45) is 0. The Bertz CT molecular complexity index is 1200. The first-order valence-corrected chi connectivity index (χ1v) is 9.11. The summed E-state index contributed by atoms with van der Waals surface area (Å²) in [7, 11) is 4.05. The van der Waals surface area contributed by atoms with E-state index in [0.29, 0.717) is 0 Å². The van der Waals surface area contributed by atoms with Crippen LogP contribution in [0.2, 0.25) is 0 Å². The van der Waals surface area contributed by atoms with Gasteiger partial charge in [-0.15, -0.1) is 0 Å². The van der Waals surface area contributed by atoms with Gasteiger partial charge in [-0.3, -0.25) is 18.7 Å². The number of methoxy groups -OCH3 is 1. The Kier molecular flexibility index (Phi) is 5.32. The van der Waals surface area contributed by atoms with Gasteiger partial charge in [0, 0.05) is 14.1 Å². The van der Waals surface area contributed by atoms with Crippen molar-refractivity contribution in [2.24, 2.45) is 14.1 Å². The van der Waals surface area contributed by atoms with Crippen LogP contribution < -0.4 is 11.2 Å². The second kappa shape index (κ2) is 7.55. The number of ether oxygens (including phenoxy) is 1. The minimum Gasteiger partial charge on any atom is -0.468 e. The quantitative estimate of drug-likeness (QED) is 0.369. The van der Waals surface area contributed by atoms with Crippen molar-refractivity contribution in [2.75, 3.05) is 7.11 Å². The third kappa shape index (κ3) is 3.31. The highest BCUT2D eigenvalue weighted by atomic mass is 32.2. The van der Waals surface area contributed by atoms with E-state index in [4.69, 9.17) is 4.74 Å². The van der Waals surface area contributed by atoms with Gasteiger partial charge in [-0.2, -0.15) is 0 Å². The largest absolute Gasteiger partial charge is 0.468 e. The number of fused-ring (bicyclic) bond motifs is 1. The smallest absolute Gasteiger partial charge is 0.332 e. The molecule has 0 unspecified atom stereocenters. The van der Waals surface area contributed by atoms with Crippen molar-refractivity contribution in [1.29, 1.82) is 0 Å². The maximum absolute atomic E-state index is 14.3. The molecule has 146 valence electrons. The maximum atomic E-state index is 14.3. The molecule has 3 rings (SSSR count). The Labute approximate surface area is 163 Å². The molecule has 0 radical (unpaired) electrons. The zero-order valence-corrected chi connectivity index (χ0v) is 16.4.